The van der Waals surface area contributed by atoms with Gasteiger partial charge in [0.1, 0.15) is 6.33 Å². The zero-order valence-electron chi connectivity index (χ0n) is 17.5. The molecule has 0 radical (unpaired) electrons. The van der Waals surface area contributed by atoms with Gasteiger partial charge in [-0.15, -0.1) is 0 Å². The van der Waals surface area contributed by atoms with Gasteiger partial charge in [0.25, 0.3) is 0 Å². The molecule has 33 heavy (non-hydrogen) atoms. The Morgan fingerprint density at radius 3 is 2.85 bits per heavy atom. The number of amides is 2. The van der Waals surface area contributed by atoms with Crippen molar-refractivity contribution in [3.8, 4) is 27.8 Å². The van der Waals surface area contributed by atoms with Crippen molar-refractivity contribution in [3.63, 3.8) is 0 Å². The van der Waals surface area contributed by atoms with E-state index in [0.29, 0.717) is 23.8 Å². The SMILES string of the molecule is N#Cc1cccc(-c2nc(NC(=O)N3CC4(COC4)C3)sc2-c2ccc3ncncc3c2)c1. The maximum atomic E-state index is 12.8. The van der Waals surface area contributed by atoms with Crippen molar-refractivity contribution in [3.05, 3.63) is 60.6 Å². The number of ether oxygens (including phenoxy) is 1. The highest BCUT2D eigenvalue weighted by Gasteiger charge is 2.50. The molecule has 2 saturated heterocycles. The second-order valence-corrected chi connectivity index (χ2v) is 9.46. The number of hydrogen-bond donors (Lipinski definition) is 1. The van der Waals surface area contributed by atoms with Gasteiger partial charge in [-0.25, -0.2) is 19.7 Å². The molecule has 2 aliphatic heterocycles. The maximum absolute atomic E-state index is 12.8. The van der Waals surface area contributed by atoms with Gasteiger partial charge in [-0.2, -0.15) is 5.26 Å². The van der Waals surface area contributed by atoms with Gasteiger partial charge in [-0.05, 0) is 29.8 Å². The van der Waals surface area contributed by atoms with E-state index < -0.39 is 0 Å². The number of carbonyl (C=O) groups is 1. The molecule has 1 N–H and O–H groups in total. The largest absolute Gasteiger partial charge is 0.380 e. The molecule has 0 atom stereocenters. The summed E-state index contributed by atoms with van der Waals surface area (Å²) in [6, 6.07) is 15.3. The average molecular weight is 455 g/mol. The molecule has 6 rings (SSSR count). The Morgan fingerprint density at radius 2 is 2.06 bits per heavy atom. The van der Waals surface area contributed by atoms with Crippen molar-refractivity contribution in [1.29, 1.82) is 5.26 Å². The molecule has 8 nitrogen and oxygen atoms in total. The summed E-state index contributed by atoms with van der Waals surface area (Å²) in [6.07, 6.45) is 3.30. The predicted molar refractivity (Wildman–Crippen MR) is 125 cm³/mol. The van der Waals surface area contributed by atoms with Crippen LogP contribution in [-0.4, -0.2) is 52.2 Å². The Bertz CT molecular complexity index is 1430. The van der Waals surface area contributed by atoms with Crippen LogP contribution in [0.2, 0.25) is 0 Å². The van der Waals surface area contributed by atoms with Crippen molar-refractivity contribution in [2.45, 2.75) is 0 Å². The van der Waals surface area contributed by atoms with Gasteiger partial charge in [0.2, 0.25) is 0 Å². The van der Waals surface area contributed by atoms with Crippen LogP contribution in [0.25, 0.3) is 32.6 Å². The molecule has 0 bridgehead atoms. The van der Waals surface area contributed by atoms with Crippen molar-refractivity contribution in [2.24, 2.45) is 5.41 Å². The second kappa shape index (κ2) is 7.62. The van der Waals surface area contributed by atoms with Crippen molar-refractivity contribution in [1.82, 2.24) is 19.9 Å². The lowest BCUT2D eigenvalue weighted by molar-refractivity contribution is -0.174. The first-order chi connectivity index (χ1) is 16.1. The van der Waals surface area contributed by atoms with E-state index in [9.17, 15) is 10.1 Å². The van der Waals surface area contributed by atoms with Crippen LogP contribution in [0, 0.1) is 16.7 Å². The maximum Gasteiger partial charge on any atom is 0.323 e. The van der Waals surface area contributed by atoms with Gasteiger partial charge in [0.15, 0.2) is 5.13 Å². The fraction of sp³-hybridized carbons (Fsp3) is 0.208. The number of rotatable bonds is 3. The number of benzene rings is 2. The van der Waals surface area contributed by atoms with E-state index in [4.69, 9.17) is 9.72 Å². The number of anilines is 1. The number of hydrogen-bond acceptors (Lipinski definition) is 7. The van der Waals surface area contributed by atoms with Crippen molar-refractivity contribution >= 4 is 33.4 Å². The third-order valence-electron chi connectivity index (χ3n) is 6.03. The quantitative estimate of drug-likeness (QED) is 0.499. The lowest BCUT2D eigenvalue weighted by atomic mass is 9.78. The Kier molecular flexibility index (Phi) is 4.57. The summed E-state index contributed by atoms with van der Waals surface area (Å²) in [6.45, 7) is 2.87. The molecular formula is C24H18N6O2S. The van der Waals surface area contributed by atoms with Gasteiger partial charge < -0.3 is 9.64 Å². The smallest absolute Gasteiger partial charge is 0.323 e. The van der Waals surface area contributed by atoms with E-state index in [1.807, 2.05) is 36.4 Å². The minimum atomic E-state index is -0.155. The van der Waals surface area contributed by atoms with Gasteiger partial charge in [-0.3, -0.25) is 5.32 Å². The molecule has 0 unspecified atom stereocenters. The summed E-state index contributed by atoms with van der Waals surface area (Å²) < 4.78 is 5.29. The van der Waals surface area contributed by atoms with Crippen molar-refractivity contribution < 1.29 is 9.53 Å². The molecular weight excluding hydrogens is 436 g/mol. The number of aromatic nitrogens is 3. The normalized spacial score (nSPS) is 16.2. The number of thiazole rings is 1. The molecule has 0 aliphatic carbocycles. The standard InChI is InChI=1S/C24H18N6O2S/c25-8-15-2-1-3-16(6-15)20-21(17-4-5-19-18(7-17)9-26-14-27-19)33-22(28-20)29-23(31)30-10-24(11-30)12-32-13-24/h1-7,9,14H,10-13H2,(H,28,29,31). The molecule has 162 valence electrons. The Balaban J connectivity index is 1.37. The van der Waals surface area contributed by atoms with E-state index >= 15 is 0 Å². The molecule has 2 fully saturated rings. The van der Waals surface area contributed by atoms with Crippen LogP contribution in [0.3, 0.4) is 0 Å². The zero-order chi connectivity index (χ0) is 22.4. The van der Waals surface area contributed by atoms with Crippen LogP contribution in [0.4, 0.5) is 9.93 Å². The second-order valence-electron chi connectivity index (χ2n) is 8.46. The predicted octanol–water partition coefficient (Wildman–Crippen LogP) is 4.16. The Hall–Kier alpha value is -3.87. The number of nitrogens with one attached hydrogen (secondary N) is 1. The highest BCUT2D eigenvalue weighted by atomic mass is 32.1. The highest BCUT2D eigenvalue weighted by molar-refractivity contribution is 7.19. The lowest BCUT2D eigenvalue weighted by Gasteiger charge is -2.54. The minimum absolute atomic E-state index is 0.154. The monoisotopic (exact) mass is 454 g/mol. The molecule has 1 spiro atoms. The summed E-state index contributed by atoms with van der Waals surface area (Å²) >= 11 is 1.41. The summed E-state index contributed by atoms with van der Waals surface area (Å²) in [5, 5.41) is 13.7. The van der Waals surface area contributed by atoms with Gasteiger partial charge in [-0.1, -0.05) is 29.5 Å². The minimum Gasteiger partial charge on any atom is -0.380 e. The third-order valence-corrected chi connectivity index (χ3v) is 7.05. The van der Waals surface area contributed by atoms with E-state index in [2.05, 4.69) is 21.4 Å². The molecule has 4 heterocycles. The number of carbonyl (C=O) groups excluding carboxylic acids is 1. The molecule has 4 aromatic rings. The van der Waals surface area contributed by atoms with Crippen LogP contribution in [0.15, 0.2) is 55.0 Å². The average Bonchev–Trinajstić information content (AvgIpc) is 3.20. The van der Waals surface area contributed by atoms with Gasteiger partial charge in [0.05, 0.1) is 46.3 Å². The summed E-state index contributed by atoms with van der Waals surface area (Å²) in [7, 11) is 0. The summed E-state index contributed by atoms with van der Waals surface area (Å²) in [5.74, 6) is 0. The molecule has 2 aliphatic rings. The van der Waals surface area contributed by atoms with Crippen LogP contribution < -0.4 is 5.32 Å². The molecule has 9 heteroatoms. The van der Waals surface area contributed by atoms with Crippen LogP contribution in [-0.2, 0) is 4.74 Å². The topological polar surface area (TPSA) is 104 Å². The molecule has 2 amide bonds. The number of nitriles is 1. The molecule has 2 aromatic heterocycles. The van der Waals surface area contributed by atoms with Crippen LogP contribution >= 0.6 is 11.3 Å². The first-order valence-corrected chi connectivity index (χ1v) is 11.3. The number of nitrogens with zero attached hydrogens (tertiary/aromatic N) is 5. The van der Waals surface area contributed by atoms with E-state index in [-0.39, 0.29) is 11.4 Å². The third kappa shape index (κ3) is 3.50. The zero-order valence-corrected chi connectivity index (χ0v) is 18.3. The van der Waals surface area contributed by atoms with Crippen LogP contribution in [0.5, 0.6) is 0 Å². The number of urea groups is 1. The Labute approximate surface area is 193 Å². The van der Waals surface area contributed by atoms with E-state index in [0.717, 1.165) is 45.8 Å². The highest BCUT2D eigenvalue weighted by Crippen LogP contribution is 2.41. The van der Waals surface area contributed by atoms with E-state index in [1.165, 1.54) is 17.7 Å². The fourth-order valence-corrected chi connectivity index (χ4v) is 5.25. The Morgan fingerprint density at radius 1 is 1.18 bits per heavy atom. The first kappa shape index (κ1) is 19.8. The van der Waals surface area contributed by atoms with Gasteiger partial charge >= 0.3 is 6.03 Å². The molecule has 0 saturated carbocycles. The molecule has 2 aromatic carbocycles. The lowest BCUT2D eigenvalue weighted by Crippen LogP contribution is -2.67. The number of fused-ring (bicyclic) bond motifs is 1. The fourth-order valence-electron chi connectivity index (χ4n) is 4.28. The number of likely N-dealkylation sites (tertiary alicyclic amines) is 1. The van der Waals surface area contributed by atoms with Crippen LogP contribution in [0.1, 0.15) is 5.56 Å². The summed E-state index contributed by atoms with van der Waals surface area (Å²) in [5.41, 5.74) is 4.04. The first-order valence-electron chi connectivity index (χ1n) is 10.5. The van der Waals surface area contributed by atoms with Gasteiger partial charge in [0, 0.05) is 30.2 Å². The summed E-state index contributed by atoms with van der Waals surface area (Å²) in [4.78, 5) is 28.6. The van der Waals surface area contributed by atoms with Crippen molar-refractivity contribution in [2.75, 3.05) is 31.6 Å². The van der Waals surface area contributed by atoms with E-state index in [1.54, 1.807) is 17.2 Å².